The molecule has 0 aliphatic carbocycles. The van der Waals surface area contributed by atoms with Gasteiger partial charge in [-0.25, -0.2) is 4.99 Å². The lowest BCUT2D eigenvalue weighted by Crippen LogP contribution is -2.45. The molecule has 1 aliphatic heterocycles. The van der Waals surface area contributed by atoms with Crippen molar-refractivity contribution in [3.05, 3.63) is 23.2 Å². The maximum absolute atomic E-state index is 11.8. The van der Waals surface area contributed by atoms with Crippen LogP contribution in [0.25, 0.3) is 0 Å². The standard InChI is InChI=1S/C19H30ClN5O3.HI/c1-4-21-19(23-12-18(26)22-8-10-27-2)24-15-7-9-25(13-15)16-11-14(20)5-6-17(16)28-3;/h5-6,11,15H,4,7-10,12-13H2,1-3H3,(H,22,26)(H2,21,23,24);1H. The van der Waals surface area contributed by atoms with Gasteiger partial charge in [-0.05, 0) is 31.5 Å². The molecule has 29 heavy (non-hydrogen) atoms. The Labute approximate surface area is 194 Å². The van der Waals surface area contributed by atoms with Crippen molar-refractivity contribution in [2.75, 3.05) is 58.5 Å². The van der Waals surface area contributed by atoms with Gasteiger partial charge in [0.2, 0.25) is 5.91 Å². The van der Waals surface area contributed by atoms with Gasteiger partial charge < -0.3 is 30.3 Å². The van der Waals surface area contributed by atoms with Gasteiger partial charge in [0.1, 0.15) is 12.3 Å². The number of benzene rings is 1. The molecule has 8 nitrogen and oxygen atoms in total. The Bertz CT molecular complexity index is 677. The van der Waals surface area contributed by atoms with Crippen molar-refractivity contribution in [3.8, 4) is 5.75 Å². The average molecular weight is 540 g/mol. The Balaban J connectivity index is 0.00000420. The molecule has 0 bridgehead atoms. The molecule has 2 rings (SSSR count). The van der Waals surface area contributed by atoms with Gasteiger partial charge in [0, 0.05) is 44.4 Å². The third-order valence-electron chi connectivity index (χ3n) is 4.36. The van der Waals surface area contributed by atoms with Crippen molar-refractivity contribution >= 4 is 53.1 Å². The van der Waals surface area contributed by atoms with Gasteiger partial charge >= 0.3 is 0 Å². The molecule has 0 saturated carbocycles. The van der Waals surface area contributed by atoms with Crippen LogP contribution in [0.2, 0.25) is 5.02 Å². The third kappa shape index (κ3) is 8.43. The molecule has 1 fully saturated rings. The Kier molecular flexibility index (Phi) is 12.1. The number of carbonyl (C=O) groups is 1. The highest BCUT2D eigenvalue weighted by Gasteiger charge is 2.25. The van der Waals surface area contributed by atoms with Crippen LogP contribution in [0.5, 0.6) is 5.75 Å². The largest absolute Gasteiger partial charge is 0.495 e. The van der Waals surface area contributed by atoms with Crippen molar-refractivity contribution in [3.63, 3.8) is 0 Å². The van der Waals surface area contributed by atoms with Gasteiger partial charge in [-0.1, -0.05) is 11.6 Å². The number of nitrogens with one attached hydrogen (secondary N) is 3. The predicted octanol–water partition coefficient (Wildman–Crippen LogP) is 1.86. The SMILES string of the molecule is CCNC(=NCC(=O)NCCOC)NC1CCN(c2cc(Cl)ccc2OC)C1.I. The smallest absolute Gasteiger partial charge is 0.241 e. The van der Waals surface area contributed by atoms with Crippen molar-refractivity contribution < 1.29 is 14.3 Å². The van der Waals surface area contributed by atoms with E-state index in [0.29, 0.717) is 24.1 Å². The van der Waals surface area contributed by atoms with Gasteiger partial charge in [-0.3, -0.25) is 4.79 Å². The third-order valence-corrected chi connectivity index (χ3v) is 4.60. The molecule has 1 atom stereocenters. The molecular weight excluding hydrogens is 509 g/mol. The number of aliphatic imine (C=N–C) groups is 1. The maximum atomic E-state index is 11.8. The van der Waals surface area contributed by atoms with E-state index in [1.807, 2.05) is 25.1 Å². The highest BCUT2D eigenvalue weighted by Crippen LogP contribution is 2.33. The minimum absolute atomic E-state index is 0. The van der Waals surface area contributed by atoms with Crippen LogP contribution in [0.3, 0.4) is 0 Å². The van der Waals surface area contributed by atoms with E-state index >= 15 is 0 Å². The van der Waals surface area contributed by atoms with E-state index in [2.05, 4.69) is 25.8 Å². The second kappa shape index (κ2) is 13.7. The number of nitrogens with zero attached hydrogens (tertiary/aromatic N) is 2. The summed E-state index contributed by atoms with van der Waals surface area (Å²) in [6.45, 7) is 5.42. The fraction of sp³-hybridized carbons (Fsp3) is 0.579. The number of rotatable bonds is 9. The molecule has 1 heterocycles. The molecular formula is C19H31ClIN5O3. The van der Waals surface area contributed by atoms with Crippen LogP contribution in [-0.4, -0.2) is 71.5 Å². The zero-order valence-corrected chi connectivity index (χ0v) is 20.3. The summed E-state index contributed by atoms with van der Waals surface area (Å²) in [7, 11) is 3.26. The molecule has 0 radical (unpaired) electrons. The first kappa shape index (κ1) is 25.6. The Hall–Kier alpha value is -1.46. The number of hydrogen-bond acceptors (Lipinski definition) is 5. The molecule has 164 valence electrons. The maximum Gasteiger partial charge on any atom is 0.241 e. The summed E-state index contributed by atoms with van der Waals surface area (Å²) in [6, 6.07) is 5.83. The van der Waals surface area contributed by atoms with Gasteiger partial charge in [-0.2, -0.15) is 0 Å². The quantitative estimate of drug-likeness (QED) is 0.192. The fourth-order valence-corrected chi connectivity index (χ4v) is 3.19. The first-order valence-electron chi connectivity index (χ1n) is 9.46. The summed E-state index contributed by atoms with van der Waals surface area (Å²) >= 11 is 6.16. The molecule has 0 aromatic heterocycles. The second-order valence-corrected chi connectivity index (χ2v) is 6.87. The Morgan fingerprint density at radius 3 is 2.83 bits per heavy atom. The molecule has 1 aromatic carbocycles. The normalized spacial score (nSPS) is 16.2. The first-order valence-corrected chi connectivity index (χ1v) is 9.84. The van der Waals surface area contributed by atoms with Crippen molar-refractivity contribution in [1.29, 1.82) is 0 Å². The number of anilines is 1. The van der Waals surface area contributed by atoms with Crippen LogP contribution < -0.4 is 25.6 Å². The number of amides is 1. The van der Waals surface area contributed by atoms with E-state index in [0.717, 1.165) is 37.5 Å². The lowest BCUT2D eigenvalue weighted by atomic mass is 10.2. The lowest BCUT2D eigenvalue weighted by Gasteiger charge is -2.22. The number of ether oxygens (including phenoxy) is 2. The second-order valence-electron chi connectivity index (χ2n) is 6.43. The van der Waals surface area contributed by atoms with Crippen LogP contribution in [-0.2, 0) is 9.53 Å². The number of guanidine groups is 1. The minimum Gasteiger partial charge on any atom is -0.495 e. The van der Waals surface area contributed by atoms with E-state index in [4.69, 9.17) is 21.1 Å². The summed E-state index contributed by atoms with van der Waals surface area (Å²) in [5.74, 6) is 1.30. The van der Waals surface area contributed by atoms with Gasteiger partial charge in [-0.15, -0.1) is 24.0 Å². The topological polar surface area (TPSA) is 87.2 Å². The van der Waals surface area contributed by atoms with Gasteiger partial charge in [0.05, 0.1) is 19.4 Å². The van der Waals surface area contributed by atoms with Crippen molar-refractivity contribution in [1.82, 2.24) is 16.0 Å². The zero-order valence-electron chi connectivity index (χ0n) is 17.2. The molecule has 0 spiro atoms. The molecule has 3 N–H and O–H groups in total. The highest BCUT2D eigenvalue weighted by molar-refractivity contribution is 14.0. The van der Waals surface area contributed by atoms with E-state index in [1.165, 1.54) is 0 Å². The van der Waals surface area contributed by atoms with Crippen LogP contribution in [0.4, 0.5) is 5.69 Å². The Morgan fingerprint density at radius 1 is 1.34 bits per heavy atom. The highest BCUT2D eigenvalue weighted by atomic mass is 127. The number of methoxy groups -OCH3 is 2. The number of hydrogen-bond donors (Lipinski definition) is 3. The van der Waals surface area contributed by atoms with E-state index in [1.54, 1.807) is 14.2 Å². The van der Waals surface area contributed by atoms with Gasteiger partial charge in [0.25, 0.3) is 0 Å². The van der Waals surface area contributed by atoms with Crippen molar-refractivity contribution in [2.24, 2.45) is 4.99 Å². The van der Waals surface area contributed by atoms with Crippen molar-refractivity contribution in [2.45, 2.75) is 19.4 Å². The number of halogens is 2. The average Bonchev–Trinajstić information content (AvgIpc) is 3.15. The number of carbonyl (C=O) groups excluding carboxylic acids is 1. The zero-order chi connectivity index (χ0) is 20.4. The molecule has 1 unspecified atom stereocenters. The monoisotopic (exact) mass is 539 g/mol. The first-order chi connectivity index (χ1) is 13.6. The molecule has 10 heteroatoms. The Morgan fingerprint density at radius 2 is 2.14 bits per heavy atom. The summed E-state index contributed by atoms with van der Waals surface area (Å²) in [6.07, 6.45) is 0.945. The van der Waals surface area contributed by atoms with Crippen LogP contribution >= 0.6 is 35.6 Å². The van der Waals surface area contributed by atoms with Crippen LogP contribution in [0.15, 0.2) is 23.2 Å². The summed E-state index contributed by atoms with van der Waals surface area (Å²) in [5.41, 5.74) is 0.985. The van der Waals surface area contributed by atoms with E-state index in [-0.39, 0.29) is 42.5 Å². The van der Waals surface area contributed by atoms with Crippen LogP contribution in [0, 0.1) is 0 Å². The molecule has 1 saturated heterocycles. The fourth-order valence-electron chi connectivity index (χ4n) is 3.02. The summed E-state index contributed by atoms with van der Waals surface area (Å²) in [5, 5.41) is 10.0. The molecule has 1 aromatic rings. The van der Waals surface area contributed by atoms with E-state index < -0.39 is 0 Å². The molecule has 1 aliphatic rings. The minimum atomic E-state index is -0.133. The van der Waals surface area contributed by atoms with Gasteiger partial charge in [0.15, 0.2) is 5.96 Å². The lowest BCUT2D eigenvalue weighted by molar-refractivity contribution is -0.119. The molecule has 1 amide bonds. The van der Waals surface area contributed by atoms with E-state index in [9.17, 15) is 4.79 Å². The summed E-state index contributed by atoms with van der Waals surface area (Å²) < 4.78 is 10.4. The van der Waals surface area contributed by atoms with Crippen LogP contribution in [0.1, 0.15) is 13.3 Å². The predicted molar refractivity (Wildman–Crippen MR) is 128 cm³/mol. The summed E-state index contributed by atoms with van der Waals surface area (Å²) in [4.78, 5) is 18.5.